The first-order valence-electron chi connectivity index (χ1n) is 9.25. The third kappa shape index (κ3) is 4.63. The average Bonchev–Trinajstić information content (AvgIpc) is 2.67. The van der Waals surface area contributed by atoms with E-state index < -0.39 is 26.2 Å². The molecule has 1 heterocycles. The molecule has 152 valence electrons. The van der Waals surface area contributed by atoms with E-state index in [1.54, 1.807) is 36.4 Å². The Hall–Kier alpha value is -1.74. The largest absolute Gasteiger partial charge is 0.297 e. The molecule has 1 unspecified atom stereocenters. The van der Waals surface area contributed by atoms with E-state index in [0.29, 0.717) is 13.0 Å². The van der Waals surface area contributed by atoms with E-state index in [4.69, 9.17) is 4.18 Å². The summed E-state index contributed by atoms with van der Waals surface area (Å²) < 4.78 is 57.7. The van der Waals surface area contributed by atoms with Gasteiger partial charge in [0, 0.05) is 12.6 Å². The highest BCUT2D eigenvalue weighted by molar-refractivity contribution is 7.89. The first kappa shape index (κ1) is 21.0. The number of aryl methyl sites for hydroxylation is 2. The van der Waals surface area contributed by atoms with Crippen LogP contribution in [-0.2, 0) is 24.3 Å². The molecular weight excluding hydrogens is 398 g/mol. The molecule has 0 saturated carbocycles. The Balaban J connectivity index is 1.78. The van der Waals surface area contributed by atoms with Gasteiger partial charge in [0.25, 0.3) is 10.1 Å². The van der Waals surface area contributed by atoms with E-state index in [9.17, 15) is 16.8 Å². The second-order valence-electron chi connectivity index (χ2n) is 7.13. The number of hydrogen-bond acceptors (Lipinski definition) is 5. The maximum Gasteiger partial charge on any atom is 0.297 e. The summed E-state index contributed by atoms with van der Waals surface area (Å²) in [6.45, 7) is 3.92. The Kier molecular flexibility index (Phi) is 6.24. The number of benzene rings is 2. The third-order valence-corrected chi connectivity index (χ3v) is 8.19. The van der Waals surface area contributed by atoms with Crippen LogP contribution in [0.2, 0.25) is 0 Å². The van der Waals surface area contributed by atoms with E-state index in [1.165, 1.54) is 16.4 Å². The van der Waals surface area contributed by atoms with Crippen LogP contribution in [0.1, 0.15) is 30.4 Å². The summed E-state index contributed by atoms with van der Waals surface area (Å²) in [7, 11) is -7.64. The fourth-order valence-electron chi connectivity index (χ4n) is 3.24. The van der Waals surface area contributed by atoms with Gasteiger partial charge in [0.05, 0.1) is 16.4 Å². The van der Waals surface area contributed by atoms with Gasteiger partial charge in [-0.25, -0.2) is 8.42 Å². The maximum atomic E-state index is 13.1. The molecule has 2 aromatic carbocycles. The standard InChI is InChI=1S/C20H25NO5S2/c1-16-6-10-19(11-7-16)27(22,23)21-14-4-3-5-18(21)15-26-28(24,25)20-12-8-17(2)9-13-20/h6-13,18H,3-5,14-15H2,1-2H3. The second-order valence-corrected chi connectivity index (χ2v) is 10.6. The molecule has 1 fully saturated rings. The van der Waals surface area contributed by atoms with E-state index >= 15 is 0 Å². The number of piperidine rings is 1. The monoisotopic (exact) mass is 423 g/mol. The van der Waals surface area contributed by atoms with Crippen LogP contribution in [0.15, 0.2) is 58.3 Å². The molecule has 1 atom stereocenters. The molecule has 0 aromatic heterocycles. The topological polar surface area (TPSA) is 80.8 Å². The van der Waals surface area contributed by atoms with Gasteiger partial charge in [-0.1, -0.05) is 41.8 Å². The molecule has 0 amide bonds. The number of sulfonamides is 1. The lowest BCUT2D eigenvalue weighted by molar-refractivity contribution is 0.172. The zero-order valence-corrected chi connectivity index (χ0v) is 17.7. The van der Waals surface area contributed by atoms with Gasteiger partial charge < -0.3 is 0 Å². The summed E-state index contributed by atoms with van der Waals surface area (Å²) in [6.07, 6.45) is 2.14. The van der Waals surface area contributed by atoms with Gasteiger partial charge in [-0.2, -0.15) is 12.7 Å². The second kappa shape index (κ2) is 8.32. The van der Waals surface area contributed by atoms with E-state index in [1.807, 2.05) is 13.8 Å². The molecule has 0 bridgehead atoms. The molecule has 0 radical (unpaired) electrons. The lowest BCUT2D eigenvalue weighted by Crippen LogP contribution is -2.46. The van der Waals surface area contributed by atoms with E-state index in [0.717, 1.165) is 24.0 Å². The fourth-order valence-corrected chi connectivity index (χ4v) is 5.86. The predicted molar refractivity (Wildman–Crippen MR) is 107 cm³/mol. The zero-order chi connectivity index (χ0) is 20.4. The normalized spacial score (nSPS) is 18.9. The van der Waals surface area contributed by atoms with Crippen molar-refractivity contribution in [3.63, 3.8) is 0 Å². The van der Waals surface area contributed by atoms with Gasteiger partial charge in [-0.15, -0.1) is 0 Å². The first-order chi connectivity index (χ1) is 13.2. The predicted octanol–water partition coefficient (Wildman–Crippen LogP) is 3.25. The first-order valence-corrected chi connectivity index (χ1v) is 12.1. The maximum absolute atomic E-state index is 13.1. The van der Waals surface area contributed by atoms with Gasteiger partial charge in [-0.3, -0.25) is 4.18 Å². The molecule has 28 heavy (non-hydrogen) atoms. The van der Waals surface area contributed by atoms with Gasteiger partial charge in [0.1, 0.15) is 0 Å². The smallest absolute Gasteiger partial charge is 0.265 e. The SMILES string of the molecule is Cc1ccc(S(=O)(=O)OCC2CCCCN2S(=O)(=O)c2ccc(C)cc2)cc1. The molecule has 8 heteroatoms. The summed E-state index contributed by atoms with van der Waals surface area (Å²) >= 11 is 0. The van der Waals surface area contributed by atoms with Crippen LogP contribution in [0.4, 0.5) is 0 Å². The Labute approximate surface area is 167 Å². The molecule has 1 saturated heterocycles. The molecule has 0 N–H and O–H groups in total. The molecule has 3 rings (SSSR count). The number of hydrogen-bond donors (Lipinski definition) is 0. The minimum absolute atomic E-state index is 0.0712. The van der Waals surface area contributed by atoms with Crippen molar-refractivity contribution < 1.29 is 21.0 Å². The lowest BCUT2D eigenvalue weighted by atomic mass is 10.1. The van der Waals surface area contributed by atoms with Gasteiger partial charge in [0.2, 0.25) is 10.0 Å². The van der Waals surface area contributed by atoms with Crippen molar-refractivity contribution >= 4 is 20.1 Å². The Bertz CT molecular complexity index is 1010. The van der Waals surface area contributed by atoms with Gasteiger partial charge in [-0.05, 0) is 51.0 Å². The fraction of sp³-hybridized carbons (Fsp3) is 0.400. The van der Waals surface area contributed by atoms with Crippen LogP contribution in [0, 0.1) is 13.8 Å². The summed E-state index contributed by atoms with van der Waals surface area (Å²) in [5.74, 6) is 0. The highest BCUT2D eigenvalue weighted by atomic mass is 32.2. The van der Waals surface area contributed by atoms with Crippen LogP contribution in [0.5, 0.6) is 0 Å². The van der Waals surface area contributed by atoms with Crippen molar-refractivity contribution in [2.75, 3.05) is 13.2 Å². The minimum atomic E-state index is -3.94. The van der Waals surface area contributed by atoms with Crippen molar-refractivity contribution in [3.8, 4) is 0 Å². The van der Waals surface area contributed by atoms with E-state index in [2.05, 4.69) is 0 Å². The lowest BCUT2D eigenvalue weighted by Gasteiger charge is -2.34. The molecular formula is C20H25NO5S2. The zero-order valence-electron chi connectivity index (χ0n) is 16.0. The van der Waals surface area contributed by atoms with Crippen LogP contribution >= 0.6 is 0 Å². The summed E-state index contributed by atoms with van der Waals surface area (Å²) in [5.41, 5.74) is 1.92. The van der Waals surface area contributed by atoms with Crippen molar-refractivity contribution in [1.29, 1.82) is 0 Å². The number of nitrogens with zero attached hydrogens (tertiary/aromatic N) is 1. The highest BCUT2D eigenvalue weighted by Crippen LogP contribution is 2.26. The van der Waals surface area contributed by atoms with Crippen molar-refractivity contribution in [3.05, 3.63) is 59.7 Å². The van der Waals surface area contributed by atoms with Crippen molar-refractivity contribution in [2.24, 2.45) is 0 Å². The highest BCUT2D eigenvalue weighted by Gasteiger charge is 2.34. The van der Waals surface area contributed by atoms with Gasteiger partial charge in [0.15, 0.2) is 0 Å². The van der Waals surface area contributed by atoms with Gasteiger partial charge >= 0.3 is 0 Å². The molecule has 1 aliphatic rings. The van der Waals surface area contributed by atoms with Crippen molar-refractivity contribution in [2.45, 2.75) is 48.9 Å². The Morgan fingerprint density at radius 3 is 1.96 bits per heavy atom. The molecule has 1 aliphatic heterocycles. The van der Waals surface area contributed by atoms with Crippen LogP contribution < -0.4 is 0 Å². The van der Waals surface area contributed by atoms with Crippen LogP contribution in [-0.4, -0.2) is 40.3 Å². The number of rotatable bonds is 6. The molecule has 0 spiro atoms. The Morgan fingerprint density at radius 2 is 1.39 bits per heavy atom. The van der Waals surface area contributed by atoms with Crippen LogP contribution in [0.3, 0.4) is 0 Å². The van der Waals surface area contributed by atoms with Crippen LogP contribution in [0.25, 0.3) is 0 Å². The molecule has 6 nitrogen and oxygen atoms in total. The quantitative estimate of drug-likeness (QED) is 0.666. The molecule has 0 aliphatic carbocycles. The summed E-state index contributed by atoms with van der Waals surface area (Å²) in [6, 6.07) is 12.5. The Morgan fingerprint density at radius 1 is 0.857 bits per heavy atom. The average molecular weight is 424 g/mol. The third-order valence-electron chi connectivity index (χ3n) is 4.93. The van der Waals surface area contributed by atoms with E-state index in [-0.39, 0.29) is 16.4 Å². The minimum Gasteiger partial charge on any atom is -0.265 e. The van der Waals surface area contributed by atoms with Crippen molar-refractivity contribution in [1.82, 2.24) is 4.31 Å². The summed E-state index contributed by atoms with van der Waals surface area (Å²) in [4.78, 5) is 0.285. The summed E-state index contributed by atoms with van der Waals surface area (Å²) in [5, 5.41) is 0. The molecule has 2 aromatic rings.